The molecule has 0 saturated carbocycles. The van der Waals surface area contributed by atoms with E-state index in [0.717, 1.165) is 5.01 Å². The van der Waals surface area contributed by atoms with E-state index in [9.17, 15) is 9.59 Å². The fourth-order valence-electron chi connectivity index (χ4n) is 1.57. The molecule has 0 aliphatic heterocycles. The number of amides is 1. The molecule has 0 spiro atoms. The summed E-state index contributed by atoms with van der Waals surface area (Å²) in [5.41, 5.74) is 2.86. The fourth-order valence-corrected chi connectivity index (χ4v) is 1.57. The van der Waals surface area contributed by atoms with Crippen LogP contribution in [0.1, 0.15) is 10.5 Å². The average molecular weight is 260 g/mol. The van der Waals surface area contributed by atoms with Gasteiger partial charge in [0.15, 0.2) is 11.5 Å². The van der Waals surface area contributed by atoms with Crippen LogP contribution in [0.3, 0.4) is 0 Å². The van der Waals surface area contributed by atoms with Gasteiger partial charge >= 0.3 is 0 Å². The second-order valence-corrected chi connectivity index (χ2v) is 3.77. The topological polar surface area (TPSA) is 127 Å². The second kappa shape index (κ2) is 5.38. The van der Waals surface area contributed by atoms with Gasteiger partial charge < -0.3 is 5.43 Å². The summed E-state index contributed by atoms with van der Waals surface area (Å²) in [5.74, 6) is 9.91. The maximum absolute atomic E-state index is 12.0. The van der Waals surface area contributed by atoms with Crippen molar-refractivity contribution in [3.63, 3.8) is 0 Å². The first-order chi connectivity index (χ1) is 9.13. The quantitative estimate of drug-likeness (QED) is 0.348. The summed E-state index contributed by atoms with van der Waals surface area (Å²) >= 11 is 0. The third-order valence-corrected chi connectivity index (χ3v) is 2.54. The number of hydrogen-bond donors (Lipinski definition) is 3. The Bertz CT molecular complexity index is 554. The van der Waals surface area contributed by atoms with Crippen LogP contribution in [0.15, 0.2) is 42.3 Å². The molecule has 1 heterocycles. The van der Waals surface area contributed by atoms with Crippen LogP contribution in [0.4, 0.5) is 0 Å². The zero-order valence-corrected chi connectivity index (χ0v) is 9.85. The lowest BCUT2D eigenvalue weighted by Gasteiger charge is -2.24. The first-order valence-electron chi connectivity index (χ1n) is 5.40. The van der Waals surface area contributed by atoms with Gasteiger partial charge in [0.2, 0.25) is 0 Å². The molecule has 8 heteroatoms. The molecule has 1 aliphatic carbocycles. The third kappa shape index (κ3) is 2.64. The van der Waals surface area contributed by atoms with Gasteiger partial charge in [-0.25, -0.2) is 5.84 Å². The fraction of sp³-hybridized carbons (Fsp3) is 0.0909. The molecule has 98 valence electrons. The molecule has 5 N–H and O–H groups in total. The number of aromatic nitrogens is 2. The van der Waals surface area contributed by atoms with Gasteiger partial charge in [-0.2, -0.15) is 5.10 Å². The molecule has 0 fully saturated rings. The lowest BCUT2D eigenvalue weighted by molar-refractivity contribution is -0.117. The Morgan fingerprint density at radius 1 is 1.47 bits per heavy atom. The van der Waals surface area contributed by atoms with E-state index in [0.29, 0.717) is 5.70 Å². The van der Waals surface area contributed by atoms with Crippen molar-refractivity contribution in [1.29, 1.82) is 0 Å². The van der Waals surface area contributed by atoms with E-state index < -0.39 is 11.9 Å². The highest BCUT2D eigenvalue weighted by Gasteiger charge is 2.27. The van der Waals surface area contributed by atoms with Crippen molar-refractivity contribution in [2.75, 3.05) is 0 Å². The molecule has 0 radical (unpaired) electrons. The van der Waals surface area contributed by atoms with Gasteiger partial charge in [-0.15, -0.1) is 5.10 Å². The summed E-state index contributed by atoms with van der Waals surface area (Å²) in [7, 11) is 0. The molecule has 2 rings (SSSR count). The predicted octanol–water partition coefficient (Wildman–Crippen LogP) is -1.35. The SMILES string of the molecule is NNC1=CC(=O)C(N(N)C(=O)c2cccnn2)C=C1. The molecular weight excluding hydrogens is 248 g/mol. The van der Waals surface area contributed by atoms with Crippen molar-refractivity contribution in [3.05, 3.63) is 47.9 Å². The molecule has 1 aromatic rings. The monoisotopic (exact) mass is 260 g/mol. The van der Waals surface area contributed by atoms with E-state index in [4.69, 9.17) is 11.7 Å². The van der Waals surface area contributed by atoms with Crippen molar-refractivity contribution in [2.45, 2.75) is 6.04 Å². The maximum atomic E-state index is 12.0. The van der Waals surface area contributed by atoms with Crippen LogP contribution in [-0.2, 0) is 4.79 Å². The van der Waals surface area contributed by atoms with Crippen LogP contribution in [0.25, 0.3) is 0 Å². The lowest BCUT2D eigenvalue weighted by Crippen LogP contribution is -2.49. The second-order valence-electron chi connectivity index (χ2n) is 3.77. The van der Waals surface area contributed by atoms with Gasteiger partial charge in [0, 0.05) is 12.3 Å². The Morgan fingerprint density at radius 3 is 2.84 bits per heavy atom. The van der Waals surface area contributed by atoms with Gasteiger partial charge in [0.05, 0.1) is 5.70 Å². The van der Waals surface area contributed by atoms with Gasteiger partial charge in [-0.1, -0.05) is 6.08 Å². The zero-order chi connectivity index (χ0) is 13.8. The lowest BCUT2D eigenvalue weighted by atomic mass is 10.0. The van der Waals surface area contributed by atoms with Crippen LogP contribution in [-0.4, -0.2) is 32.9 Å². The summed E-state index contributed by atoms with van der Waals surface area (Å²) in [6.07, 6.45) is 5.75. The number of nitrogens with one attached hydrogen (secondary N) is 1. The number of carbonyl (C=O) groups excluding carboxylic acids is 2. The number of hydrazine groups is 2. The first kappa shape index (κ1) is 12.9. The number of carbonyl (C=O) groups is 2. The molecule has 0 saturated heterocycles. The number of ketones is 1. The number of allylic oxidation sites excluding steroid dienone is 1. The molecular formula is C11H12N6O2. The van der Waals surface area contributed by atoms with Crippen LogP contribution in [0.2, 0.25) is 0 Å². The Balaban J connectivity index is 2.16. The number of hydrogen-bond acceptors (Lipinski definition) is 7. The number of nitrogens with two attached hydrogens (primary N) is 2. The van der Waals surface area contributed by atoms with Crippen LogP contribution < -0.4 is 17.1 Å². The van der Waals surface area contributed by atoms with Crippen LogP contribution >= 0.6 is 0 Å². The van der Waals surface area contributed by atoms with E-state index in [2.05, 4.69) is 15.6 Å². The van der Waals surface area contributed by atoms with E-state index in [1.54, 1.807) is 12.1 Å². The number of nitrogens with zero attached hydrogens (tertiary/aromatic N) is 3. The highest BCUT2D eigenvalue weighted by atomic mass is 16.2. The summed E-state index contributed by atoms with van der Waals surface area (Å²) in [4.78, 5) is 23.8. The van der Waals surface area contributed by atoms with Crippen molar-refractivity contribution in [1.82, 2.24) is 20.6 Å². The maximum Gasteiger partial charge on any atom is 0.289 e. The average Bonchev–Trinajstić information content (AvgIpc) is 2.46. The molecule has 8 nitrogen and oxygen atoms in total. The largest absolute Gasteiger partial charge is 0.324 e. The minimum absolute atomic E-state index is 0.0675. The normalized spacial score (nSPS) is 17.9. The smallest absolute Gasteiger partial charge is 0.289 e. The van der Waals surface area contributed by atoms with E-state index in [-0.39, 0.29) is 11.5 Å². The van der Waals surface area contributed by atoms with Crippen molar-refractivity contribution >= 4 is 11.7 Å². The van der Waals surface area contributed by atoms with Crippen molar-refractivity contribution < 1.29 is 9.59 Å². The van der Waals surface area contributed by atoms with Gasteiger partial charge in [0.1, 0.15) is 6.04 Å². The Labute approximate surface area is 108 Å². The van der Waals surface area contributed by atoms with Crippen molar-refractivity contribution in [2.24, 2.45) is 11.7 Å². The van der Waals surface area contributed by atoms with Crippen LogP contribution in [0.5, 0.6) is 0 Å². The Morgan fingerprint density at radius 2 is 2.26 bits per heavy atom. The first-order valence-corrected chi connectivity index (χ1v) is 5.40. The highest BCUT2D eigenvalue weighted by Crippen LogP contribution is 2.10. The van der Waals surface area contributed by atoms with E-state index in [1.807, 2.05) is 0 Å². The zero-order valence-electron chi connectivity index (χ0n) is 9.85. The van der Waals surface area contributed by atoms with E-state index in [1.165, 1.54) is 24.4 Å². The van der Waals surface area contributed by atoms with Gasteiger partial charge in [0.25, 0.3) is 5.91 Å². The Kier molecular flexibility index (Phi) is 3.64. The van der Waals surface area contributed by atoms with E-state index >= 15 is 0 Å². The van der Waals surface area contributed by atoms with Crippen LogP contribution in [0, 0.1) is 0 Å². The molecule has 1 aromatic heterocycles. The molecule has 1 amide bonds. The van der Waals surface area contributed by atoms with Gasteiger partial charge in [-0.05, 0) is 18.2 Å². The summed E-state index contributed by atoms with van der Waals surface area (Å²) in [6.45, 7) is 0. The minimum atomic E-state index is -0.883. The summed E-state index contributed by atoms with van der Waals surface area (Å²) in [5, 5.41) is 8.04. The Hall–Kier alpha value is -2.58. The highest BCUT2D eigenvalue weighted by molar-refractivity contribution is 6.02. The molecule has 0 bridgehead atoms. The molecule has 0 aromatic carbocycles. The molecule has 1 aliphatic rings. The standard InChI is InChI=1S/C11H12N6O2/c12-15-7-3-4-9(10(18)6-7)17(13)11(19)8-2-1-5-14-16-8/h1-6,9,15H,12-13H2. The molecule has 1 unspecified atom stereocenters. The molecule has 19 heavy (non-hydrogen) atoms. The summed E-state index contributed by atoms with van der Waals surface area (Å²) in [6, 6.07) is 2.14. The third-order valence-electron chi connectivity index (χ3n) is 2.54. The van der Waals surface area contributed by atoms with Gasteiger partial charge in [-0.3, -0.25) is 20.4 Å². The predicted molar refractivity (Wildman–Crippen MR) is 65.7 cm³/mol. The minimum Gasteiger partial charge on any atom is -0.324 e. The summed E-state index contributed by atoms with van der Waals surface area (Å²) < 4.78 is 0. The molecule has 1 atom stereocenters. The van der Waals surface area contributed by atoms with Crippen molar-refractivity contribution in [3.8, 4) is 0 Å². The number of rotatable bonds is 3.